The number of nitrogens with one attached hydrogen (secondary N) is 1. The number of amides is 1. The van der Waals surface area contributed by atoms with Gasteiger partial charge >= 0.3 is 0 Å². The van der Waals surface area contributed by atoms with E-state index < -0.39 is 0 Å². The summed E-state index contributed by atoms with van der Waals surface area (Å²) < 4.78 is 10.0. The first kappa shape index (κ1) is 15.2. The van der Waals surface area contributed by atoms with E-state index in [1.807, 2.05) is 13.8 Å². The topological polar surface area (TPSA) is 101 Å². The van der Waals surface area contributed by atoms with Gasteiger partial charge in [0.2, 0.25) is 17.6 Å². The molecule has 0 saturated carbocycles. The summed E-state index contributed by atoms with van der Waals surface area (Å²) in [5.41, 5.74) is 0.736. The van der Waals surface area contributed by atoms with Gasteiger partial charge in [0.05, 0.1) is 11.8 Å². The van der Waals surface area contributed by atoms with E-state index in [-0.39, 0.29) is 30.9 Å². The first-order valence-electron chi connectivity index (χ1n) is 6.85. The molecule has 1 amide bonds. The number of hydrogen-bond donors (Lipinski definition) is 2. The quantitative estimate of drug-likeness (QED) is 0.800. The molecule has 0 aliphatic heterocycles. The van der Waals surface area contributed by atoms with Crippen LogP contribution in [0.1, 0.15) is 26.2 Å². The van der Waals surface area contributed by atoms with Crippen molar-refractivity contribution < 1.29 is 18.8 Å². The Morgan fingerprint density at radius 1 is 1.48 bits per heavy atom. The molecule has 0 aliphatic carbocycles. The molecule has 0 saturated heterocycles. The predicted molar refractivity (Wildman–Crippen MR) is 74.2 cm³/mol. The van der Waals surface area contributed by atoms with E-state index in [9.17, 15) is 4.79 Å². The van der Waals surface area contributed by atoms with Crippen LogP contribution in [0.5, 0.6) is 0 Å². The van der Waals surface area contributed by atoms with Crippen LogP contribution in [0, 0.1) is 5.92 Å². The molecule has 7 heteroatoms. The summed E-state index contributed by atoms with van der Waals surface area (Å²) in [7, 11) is 0. The van der Waals surface area contributed by atoms with Crippen molar-refractivity contribution in [3.05, 3.63) is 24.5 Å². The summed E-state index contributed by atoms with van der Waals surface area (Å²) >= 11 is 0. The van der Waals surface area contributed by atoms with Crippen molar-refractivity contribution >= 4 is 5.91 Å². The largest absolute Gasteiger partial charge is 0.472 e. The third kappa shape index (κ3) is 4.16. The van der Waals surface area contributed by atoms with Crippen molar-refractivity contribution in [3.8, 4) is 11.4 Å². The lowest BCUT2D eigenvalue weighted by atomic mass is 10.1. The summed E-state index contributed by atoms with van der Waals surface area (Å²) in [6.07, 6.45) is 3.69. The molecule has 2 N–H and O–H groups in total. The fourth-order valence-corrected chi connectivity index (χ4v) is 1.71. The van der Waals surface area contributed by atoms with Gasteiger partial charge < -0.3 is 19.4 Å². The predicted octanol–water partition coefficient (Wildman–Crippen LogP) is 1.40. The second-order valence-electron chi connectivity index (χ2n) is 5.04. The van der Waals surface area contributed by atoms with E-state index in [2.05, 4.69) is 15.5 Å². The number of aryl methyl sites for hydroxylation is 1. The number of aliphatic hydroxyl groups excluding tert-OH is 1. The Morgan fingerprint density at radius 3 is 2.95 bits per heavy atom. The Kier molecular flexibility index (Phi) is 5.10. The Hall–Kier alpha value is -2.15. The van der Waals surface area contributed by atoms with Crippen LogP contribution in [0.3, 0.4) is 0 Å². The average molecular weight is 293 g/mol. The van der Waals surface area contributed by atoms with Crippen molar-refractivity contribution in [2.45, 2.75) is 32.7 Å². The van der Waals surface area contributed by atoms with E-state index in [0.29, 0.717) is 18.1 Å². The number of carbonyl (C=O) groups is 1. The molecule has 2 aromatic rings. The minimum absolute atomic E-state index is 0.0186. The van der Waals surface area contributed by atoms with Crippen LogP contribution >= 0.6 is 0 Å². The Bertz CT molecular complexity index is 565. The number of nitrogens with zero attached hydrogens (tertiary/aromatic N) is 2. The van der Waals surface area contributed by atoms with Gasteiger partial charge in [-0.25, -0.2) is 0 Å². The van der Waals surface area contributed by atoms with E-state index in [1.165, 1.54) is 12.5 Å². The van der Waals surface area contributed by atoms with Crippen LogP contribution in [-0.2, 0) is 11.2 Å². The van der Waals surface area contributed by atoms with E-state index >= 15 is 0 Å². The SMILES string of the molecule is CC(CO)C(C)NC(=O)CCc1nc(-c2ccoc2)no1. The molecule has 2 unspecified atom stereocenters. The number of aromatic nitrogens is 2. The molecule has 2 aromatic heterocycles. The highest BCUT2D eigenvalue weighted by Crippen LogP contribution is 2.16. The molecule has 0 aliphatic rings. The second kappa shape index (κ2) is 7.03. The number of aliphatic hydroxyl groups is 1. The average Bonchev–Trinajstić information content (AvgIpc) is 3.14. The first-order chi connectivity index (χ1) is 10.1. The van der Waals surface area contributed by atoms with Gasteiger partial charge in [0.15, 0.2) is 0 Å². The zero-order valence-corrected chi connectivity index (χ0v) is 12.1. The van der Waals surface area contributed by atoms with Crippen LogP contribution in [0.4, 0.5) is 0 Å². The number of hydrogen-bond acceptors (Lipinski definition) is 6. The van der Waals surface area contributed by atoms with Crippen molar-refractivity contribution in [1.82, 2.24) is 15.5 Å². The summed E-state index contributed by atoms with van der Waals surface area (Å²) in [4.78, 5) is 16.0. The van der Waals surface area contributed by atoms with Crippen LogP contribution in [-0.4, -0.2) is 33.8 Å². The van der Waals surface area contributed by atoms with Crippen molar-refractivity contribution in [3.63, 3.8) is 0 Å². The summed E-state index contributed by atoms with van der Waals surface area (Å²) in [5.74, 6) is 0.765. The number of furan rings is 1. The fraction of sp³-hybridized carbons (Fsp3) is 0.500. The molecule has 0 aromatic carbocycles. The molecule has 2 heterocycles. The van der Waals surface area contributed by atoms with Crippen molar-refractivity contribution in [2.75, 3.05) is 6.61 Å². The van der Waals surface area contributed by atoms with Crippen LogP contribution in [0.2, 0.25) is 0 Å². The minimum Gasteiger partial charge on any atom is -0.472 e. The third-order valence-corrected chi connectivity index (χ3v) is 3.34. The lowest BCUT2D eigenvalue weighted by molar-refractivity contribution is -0.122. The highest BCUT2D eigenvalue weighted by molar-refractivity contribution is 5.76. The van der Waals surface area contributed by atoms with Gasteiger partial charge in [-0.15, -0.1) is 0 Å². The lowest BCUT2D eigenvalue weighted by Crippen LogP contribution is -2.38. The molecule has 0 fully saturated rings. The monoisotopic (exact) mass is 293 g/mol. The Labute approximate surface area is 122 Å². The maximum absolute atomic E-state index is 11.8. The molecule has 2 atom stereocenters. The molecule has 7 nitrogen and oxygen atoms in total. The zero-order valence-electron chi connectivity index (χ0n) is 12.1. The van der Waals surface area contributed by atoms with Gasteiger partial charge in [0.25, 0.3) is 0 Å². The van der Waals surface area contributed by atoms with Crippen LogP contribution < -0.4 is 5.32 Å². The zero-order chi connectivity index (χ0) is 15.2. The maximum atomic E-state index is 11.8. The van der Waals surface area contributed by atoms with Crippen LogP contribution in [0.15, 0.2) is 27.5 Å². The number of rotatable bonds is 7. The molecular formula is C14H19N3O4. The van der Waals surface area contributed by atoms with Gasteiger partial charge in [-0.1, -0.05) is 12.1 Å². The van der Waals surface area contributed by atoms with E-state index in [4.69, 9.17) is 14.0 Å². The third-order valence-electron chi connectivity index (χ3n) is 3.34. The molecular weight excluding hydrogens is 274 g/mol. The molecule has 114 valence electrons. The second-order valence-corrected chi connectivity index (χ2v) is 5.04. The highest BCUT2D eigenvalue weighted by atomic mass is 16.5. The number of carbonyl (C=O) groups excluding carboxylic acids is 1. The Morgan fingerprint density at radius 2 is 2.29 bits per heavy atom. The molecule has 2 rings (SSSR count). The van der Waals surface area contributed by atoms with E-state index in [0.717, 1.165) is 5.56 Å². The smallest absolute Gasteiger partial charge is 0.227 e. The van der Waals surface area contributed by atoms with Gasteiger partial charge in [-0.3, -0.25) is 4.79 Å². The summed E-state index contributed by atoms with van der Waals surface area (Å²) in [6, 6.07) is 1.66. The molecule has 0 radical (unpaired) electrons. The van der Waals surface area contributed by atoms with Crippen molar-refractivity contribution in [1.29, 1.82) is 0 Å². The van der Waals surface area contributed by atoms with Gasteiger partial charge in [0, 0.05) is 25.5 Å². The Balaban J connectivity index is 1.82. The minimum atomic E-state index is -0.106. The summed E-state index contributed by atoms with van der Waals surface area (Å²) in [5, 5.41) is 15.7. The fourth-order valence-electron chi connectivity index (χ4n) is 1.71. The molecule has 21 heavy (non-hydrogen) atoms. The van der Waals surface area contributed by atoms with Gasteiger partial charge in [-0.05, 0) is 18.9 Å². The maximum Gasteiger partial charge on any atom is 0.227 e. The van der Waals surface area contributed by atoms with E-state index in [1.54, 1.807) is 6.07 Å². The molecule has 0 spiro atoms. The standard InChI is InChI=1S/C14H19N3O4/c1-9(7-18)10(2)15-12(19)3-4-13-16-14(17-21-13)11-5-6-20-8-11/h5-6,8-10,18H,3-4,7H2,1-2H3,(H,15,19). The normalized spacial score (nSPS) is 13.9. The lowest BCUT2D eigenvalue weighted by Gasteiger charge is -2.18. The first-order valence-corrected chi connectivity index (χ1v) is 6.85. The molecule has 0 bridgehead atoms. The van der Waals surface area contributed by atoms with Gasteiger partial charge in [-0.2, -0.15) is 4.98 Å². The van der Waals surface area contributed by atoms with Gasteiger partial charge in [0.1, 0.15) is 6.26 Å². The van der Waals surface area contributed by atoms with Crippen LogP contribution in [0.25, 0.3) is 11.4 Å². The summed E-state index contributed by atoms with van der Waals surface area (Å²) in [6.45, 7) is 3.78. The van der Waals surface area contributed by atoms with Crippen molar-refractivity contribution in [2.24, 2.45) is 5.92 Å². The highest BCUT2D eigenvalue weighted by Gasteiger charge is 2.15.